The van der Waals surface area contributed by atoms with Crippen molar-refractivity contribution in [2.45, 2.75) is 13.3 Å². The number of esters is 1. The summed E-state index contributed by atoms with van der Waals surface area (Å²) in [4.78, 5) is 13.3. The zero-order valence-corrected chi connectivity index (χ0v) is 12.9. The molecule has 2 N–H and O–H groups in total. The van der Waals surface area contributed by atoms with Gasteiger partial charge in [0, 0.05) is 9.35 Å². The summed E-state index contributed by atoms with van der Waals surface area (Å²) in [5.41, 5.74) is 7.39. The van der Waals surface area contributed by atoms with E-state index in [1.165, 1.54) is 11.3 Å². The van der Waals surface area contributed by atoms with Crippen LogP contribution in [0.15, 0.2) is 34.8 Å². The zero-order chi connectivity index (χ0) is 13.8. The maximum Gasteiger partial charge on any atom is 0.350 e. The molecule has 0 saturated heterocycles. The average Bonchev–Trinajstić information content (AvgIpc) is 2.78. The van der Waals surface area contributed by atoms with Crippen molar-refractivity contribution in [3.63, 3.8) is 0 Å². The van der Waals surface area contributed by atoms with Crippen molar-refractivity contribution in [3.8, 4) is 10.4 Å². The van der Waals surface area contributed by atoms with Crippen molar-refractivity contribution in [2.24, 2.45) is 0 Å². The van der Waals surface area contributed by atoms with E-state index >= 15 is 0 Å². The first-order valence-corrected chi connectivity index (χ1v) is 7.55. The van der Waals surface area contributed by atoms with Gasteiger partial charge in [0.05, 0.1) is 12.3 Å². The molecule has 0 bridgehead atoms. The van der Waals surface area contributed by atoms with Crippen molar-refractivity contribution >= 4 is 38.9 Å². The summed E-state index contributed by atoms with van der Waals surface area (Å²) in [6.07, 6.45) is 0.801. The zero-order valence-electron chi connectivity index (χ0n) is 10.5. The summed E-state index contributed by atoms with van der Waals surface area (Å²) in [5.74, 6) is -0.342. The highest BCUT2D eigenvalue weighted by atomic mass is 79.9. The molecule has 1 heterocycles. The van der Waals surface area contributed by atoms with Gasteiger partial charge in [-0.15, -0.1) is 11.3 Å². The minimum atomic E-state index is -0.342. The highest BCUT2D eigenvalue weighted by Crippen LogP contribution is 2.34. The predicted octanol–water partition coefficient (Wildman–Crippen LogP) is 4.33. The van der Waals surface area contributed by atoms with Crippen LogP contribution in [0.5, 0.6) is 0 Å². The maximum atomic E-state index is 11.8. The number of thiophene rings is 1. The van der Waals surface area contributed by atoms with E-state index in [1.54, 1.807) is 0 Å². The van der Waals surface area contributed by atoms with Gasteiger partial charge in [0.25, 0.3) is 0 Å². The van der Waals surface area contributed by atoms with Gasteiger partial charge in [-0.25, -0.2) is 4.79 Å². The van der Waals surface area contributed by atoms with Gasteiger partial charge in [-0.2, -0.15) is 0 Å². The molecular formula is C14H14BrNO2S. The molecule has 0 atom stereocenters. The molecule has 100 valence electrons. The Kier molecular flexibility index (Phi) is 4.61. The van der Waals surface area contributed by atoms with Gasteiger partial charge >= 0.3 is 5.97 Å². The average molecular weight is 340 g/mol. The summed E-state index contributed by atoms with van der Waals surface area (Å²) in [7, 11) is 0. The third-order valence-corrected chi connectivity index (χ3v) is 4.17. The molecule has 0 aliphatic carbocycles. The molecule has 0 saturated carbocycles. The Balaban J connectivity index is 2.28. The number of hydrogen-bond donors (Lipinski definition) is 1. The first-order valence-electron chi connectivity index (χ1n) is 5.94. The molecule has 3 nitrogen and oxygen atoms in total. The van der Waals surface area contributed by atoms with Gasteiger partial charge in [-0.05, 0) is 30.2 Å². The van der Waals surface area contributed by atoms with E-state index in [-0.39, 0.29) is 5.97 Å². The van der Waals surface area contributed by atoms with Gasteiger partial charge in [-0.3, -0.25) is 0 Å². The monoisotopic (exact) mass is 339 g/mol. The molecule has 0 amide bonds. The van der Waals surface area contributed by atoms with Crippen LogP contribution in [0.1, 0.15) is 23.0 Å². The van der Waals surface area contributed by atoms with E-state index in [4.69, 9.17) is 10.5 Å². The fourth-order valence-corrected chi connectivity index (χ4v) is 2.98. The Bertz CT molecular complexity index is 595. The Morgan fingerprint density at radius 3 is 2.89 bits per heavy atom. The number of halogens is 1. The summed E-state index contributed by atoms with van der Waals surface area (Å²) < 4.78 is 6.11. The topological polar surface area (TPSA) is 52.3 Å². The van der Waals surface area contributed by atoms with Gasteiger partial charge in [0.15, 0.2) is 0 Å². The molecule has 0 aliphatic rings. The lowest BCUT2D eigenvalue weighted by Gasteiger charge is -2.01. The molecule has 1 aromatic carbocycles. The lowest BCUT2D eigenvalue weighted by Crippen LogP contribution is -2.05. The van der Waals surface area contributed by atoms with Crippen LogP contribution in [-0.2, 0) is 4.74 Å². The molecule has 0 radical (unpaired) electrons. The quantitative estimate of drug-likeness (QED) is 0.843. The molecule has 19 heavy (non-hydrogen) atoms. The molecule has 0 fully saturated rings. The van der Waals surface area contributed by atoms with Gasteiger partial charge in [0.2, 0.25) is 0 Å². The SMILES string of the molecule is CCCOC(=O)c1sc(-c2cccc(Br)c2)cc1N. The first kappa shape index (κ1) is 14.1. The van der Waals surface area contributed by atoms with Crippen molar-refractivity contribution in [2.75, 3.05) is 12.3 Å². The van der Waals surface area contributed by atoms with Crippen LogP contribution in [0.4, 0.5) is 5.69 Å². The number of nitrogens with two attached hydrogens (primary N) is 1. The van der Waals surface area contributed by atoms with Crippen LogP contribution in [0.3, 0.4) is 0 Å². The highest BCUT2D eigenvalue weighted by molar-refractivity contribution is 9.10. The van der Waals surface area contributed by atoms with Crippen molar-refractivity contribution in [3.05, 3.63) is 39.7 Å². The second-order valence-electron chi connectivity index (χ2n) is 4.04. The van der Waals surface area contributed by atoms with E-state index < -0.39 is 0 Å². The standard InChI is InChI=1S/C14H14BrNO2S/c1-2-6-18-14(17)13-11(16)8-12(19-13)9-4-3-5-10(15)7-9/h3-5,7-8H,2,6,16H2,1H3. The number of nitrogen functional groups attached to an aromatic ring is 1. The summed E-state index contributed by atoms with van der Waals surface area (Å²) in [5, 5.41) is 0. The number of carbonyl (C=O) groups is 1. The molecule has 0 spiro atoms. The van der Waals surface area contributed by atoms with Gasteiger partial charge < -0.3 is 10.5 Å². The number of ether oxygens (including phenoxy) is 1. The highest BCUT2D eigenvalue weighted by Gasteiger charge is 2.16. The van der Waals surface area contributed by atoms with E-state index in [1.807, 2.05) is 37.3 Å². The lowest BCUT2D eigenvalue weighted by molar-refractivity contribution is 0.0512. The van der Waals surface area contributed by atoms with Crippen molar-refractivity contribution in [1.82, 2.24) is 0 Å². The molecule has 0 unspecified atom stereocenters. The first-order chi connectivity index (χ1) is 9.11. The fraction of sp³-hybridized carbons (Fsp3) is 0.214. The van der Waals surface area contributed by atoms with Crippen LogP contribution in [0, 0.1) is 0 Å². The molecule has 2 aromatic rings. The Morgan fingerprint density at radius 2 is 2.21 bits per heavy atom. The Morgan fingerprint density at radius 1 is 1.42 bits per heavy atom. The van der Waals surface area contributed by atoms with Crippen LogP contribution in [0.2, 0.25) is 0 Å². The number of hydrogen-bond acceptors (Lipinski definition) is 4. The third-order valence-electron chi connectivity index (χ3n) is 2.49. The van der Waals surface area contributed by atoms with Crippen molar-refractivity contribution < 1.29 is 9.53 Å². The smallest absolute Gasteiger partial charge is 0.350 e. The summed E-state index contributed by atoms with van der Waals surface area (Å²) >= 11 is 4.79. The lowest BCUT2D eigenvalue weighted by atomic mass is 10.2. The molecule has 1 aromatic heterocycles. The fourth-order valence-electron chi connectivity index (χ4n) is 1.61. The summed E-state index contributed by atoms with van der Waals surface area (Å²) in [6, 6.07) is 9.69. The number of anilines is 1. The van der Waals surface area contributed by atoms with E-state index in [9.17, 15) is 4.79 Å². The normalized spacial score (nSPS) is 10.4. The Hall–Kier alpha value is -1.33. The molecule has 2 rings (SSSR count). The second-order valence-corrected chi connectivity index (χ2v) is 6.01. The van der Waals surface area contributed by atoms with Crippen molar-refractivity contribution in [1.29, 1.82) is 0 Å². The largest absolute Gasteiger partial charge is 0.461 e. The summed E-state index contributed by atoms with van der Waals surface area (Å²) in [6.45, 7) is 2.38. The van der Waals surface area contributed by atoms with Crippen LogP contribution >= 0.6 is 27.3 Å². The molecule has 0 aliphatic heterocycles. The Labute approximate surface area is 124 Å². The minimum Gasteiger partial charge on any atom is -0.461 e. The van der Waals surface area contributed by atoms with E-state index in [2.05, 4.69) is 15.9 Å². The maximum absolute atomic E-state index is 11.8. The van der Waals surface area contributed by atoms with Crippen LogP contribution < -0.4 is 5.73 Å². The van der Waals surface area contributed by atoms with Crippen LogP contribution in [-0.4, -0.2) is 12.6 Å². The second kappa shape index (κ2) is 6.21. The van der Waals surface area contributed by atoms with E-state index in [0.717, 1.165) is 21.3 Å². The van der Waals surface area contributed by atoms with Gasteiger partial charge in [0.1, 0.15) is 4.88 Å². The van der Waals surface area contributed by atoms with Crippen LogP contribution in [0.25, 0.3) is 10.4 Å². The number of carbonyl (C=O) groups excluding carboxylic acids is 1. The van der Waals surface area contributed by atoms with Gasteiger partial charge in [-0.1, -0.05) is 35.0 Å². The number of benzene rings is 1. The minimum absolute atomic E-state index is 0.342. The molecule has 5 heteroatoms. The molecular weight excluding hydrogens is 326 g/mol. The predicted molar refractivity (Wildman–Crippen MR) is 82.4 cm³/mol. The van der Waals surface area contributed by atoms with E-state index in [0.29, 0.717) is 17.2 Å². The third kappa shape index (κ3) is 3.36. The number of rotatable bonds is 4.